The molecular weight excluding hydrogens is 278 g/mol. The minimum absolute atomic E-state index is 0.108. The van der Waals surface area contributed by atoms with Crippen molar-refractivity contribution in [2.24, 2.45) is 0 Å². The summed E-state index contributed by atoms with van der Waals surface area (Å²) in [6, 6.07) is 0.442. The Kier molecular flexibility index (Phi) is 4.59. The fraction of sp³-hybridized carbons (Fsp3) is 0.625. The van der Waals surface area contributed by atoms with Crippen LogP contribution < -0.4 is 0 Å². The van der Waals surface area contributed by atoms with Gasteiger partial charge in [-0.05, 0) is 20.8 Å². The van der Waals surface area contributed by atoms with Gasteiger partial charge in [0, 0.05) is 49.8 Å². The number of aryl methyl sites for hydroxylation is 1. The number of ether oxygens (including phenoxy) is 1. The summed E-state index contributed by atoms with van der Waals surface area (Å²) in [5.74, 6) is 1.12. The normalized spacial score (nSPS) is 19.9. The summed E-state index contributed by atoms with van der Waals surface area (Å²) in [5.41, 5.74) is 1.17. The number of nitrogens with zero attached hydrogens (tertiary/aromatic N) is 5. The predicted octanol–water partition coefficient (Wildman–Crippen LogP) is 2.25. The topological polar surface area (TPSA) is 48.1 Å². The van der Waals surface area contributed by atoms with Crippen LogP contribution in [0.15, 0.2) is 24.8 Å². The van der Waals surface area contributed by atoms with E-state index in [1.165, 1.54) is 5.56 Å². The third-order valence-electron chi connectivity index (χ3n) is 4.17. The molecule has 6 heteroatoms. The summed E-state index contributed by atoms with van der Waals surface area (Å²) >= 11 is 0. The number of aromatic nitrogens is 4. The molecule has 2 aromatic rings. The minimum atomic E-state index is 0.108. The molecule has 1 saturated heterocycles. The number of hydrogen-bond acceptors (Lipinski definition) is 4. The van der Waals surface area contributed by atoms with Gasteiger partial charge in [-0.2, -0.15) is 5.10 Å². The Bertz CT molecular complexity index is 603. The van der Waals surface area contributed by atoms with Crippen LogP contribution in [0.5, 0.6) is 0 Å². The number of rotatable bonds is 5. The second-order valence-electron chi connectivity index (χ2n) is 6.07. The first-order valence-corrected chi connectivity index (χ1v) is 8.05. The number of morpholine rings is 1. The third-order valence-corrected chi connectivity index (χ3v) is 4.17. The molecule has 0 radical (unpaired) electrons. The Morgan fingerprint density at radius 3 is 3.00 bits per heavy atom. The molecule has 22 heavy (non-hydrogen) atoms. The highest BCUT2D eigenvalue weighted by Gasteiger charge is 2.24. The molecule has 0 aromatic carbocycles. The van der Waals surface area contributed by atoms with Crippen molar-refractivity contribution >= 4 is 0 Å². The molecule has 3 heterocycles. The summed E-state index contributed by atoms with van der Waals surface area (Å²) in [6.45, 7) is 10.8. The Morgan fingerprint density at radius 2 is 2.27 bits per heavy atom. The monoisotopic (exact) mass is 303 g/mol. The van der Waals surface area contributed by atoms with Gasteiger partial charge in [0.1, 0.15) is 5.82 Å². The highest BCUT2D eigenvalue weighted by Crippen LogP contribution is 2.23. The van der Waals surface area contributed by atoms with Gasteiger partial charge >= 0.3 is 0 Å². The Balaban J connectivity index is 1.66. The Hall–Kier alpha value is -1.66. The maximum atomic E-state index is 5.93. The van der Waals surface area contributed by atoms with Crippen LogP contribution in [-0.2, 0) is 17.8 Å². The van der Waals surface area contributed by atoms with E-state index in [-0.39, 0.29) is 6.10 Å². The van der Waals surface area contributed by atoms with Crippen LogP contribution in [0.1, 0.15) is 44.3 Å². The molecule has 0 saturated carbocycles. The highest BCUT2D eigenvalue weighted by molar-refractivity contribution is 5.10. The van der Waals surface area contributed by atoms with Gasteiger partial charge in [-0.3, -0.25) is 9.58 Å². The molecule has 1 atom stereocenters. The van der Waals surface area contributed by atoms with E-state index in [4.69, 9.17) is 4.74 Å². The standard InChI is InChI=1S/C16H25N5O/c1-4-20-10-14(9-18-20)15-11-19(7-8-22-15)12-16-17-5-6-21(16)13(2)3/h5-6,9-10,13,15H,4,7-8,11-12H2,1-3H3/t15-/m1/s1. The lowest BCUT2D eigenvalue weighted by molar-refractivity contribution is -0.0340. The zero-order chi connectivity index (χ0) is 15.5. The SMILES string of the molecule is CCn1cc([C@H]2CN(Cc3nccn3C(C)C)CCO2)cn1. The summed E-state index contributed by atoms with van der Waals surface area (Å²) in [6.07, 6.45) is 8.06. The average molecular weight is 303 g/mol. The molecule has 2 aromatic heterocycles. The van der Waals surface area contributed by atoms with Crippen molar-refractivity contribution in [3.63, 3.8) is 0 Å². The Morgan fingerprint density at radius 1 is 1.41 bits per heavy atom. The van der Waals surface area contributed by atoms with Gasteiger partial charge in [-0.1, -0.05) is 0 Å². The molecular formula is C16H25N5O. The van der Waals surface area contributed by atoms with Crippen LogP contribution in [0.2, 0.25) is 0 Å². The molecule has 1 aliphatic rings. The summed E-state index contributed by atoms with van der Waals surface area (Å²) in [5, 5.41) is 4.35. The van der Waals surface area contributed by atoms with Gasteiger partial charge < -0.3 is 9.30 Å². The molecule has 0 N–H and O–H groups in total. The van der Waals surface area contributed by atoms with Crippen molar-refractivity contribution in [2.75, 3.05) is 19.7 Å². The predicted molar refractivity (Wildman–Crippen MR) is 84.5 cm³/mol. The second kappa shape index (κ2) is 6.62. The van der Waals surface area contributed by atoms with Crippen LogP contribution in [-0.4, -0.2) is 43.9 Å². The van der Waals surface area contributed by atoms with E-state index in [1.807, 2.05) is 17.1 Å². The first-order valence-electron chi connectivity index (χ1n) is 8.05. The van der Waals surface area contributed by atoms with Crippen molar-refractivity contribution < 1.29 is 4.74 Å². The molecule has 1 aliphatic heterocycles. The quantitative estimate of drug-likeness (QED) is 0.850. The molecule has 1 fully saturated rings. The summed E-state index contributed by atoms with van der Waals surface area (Å²) in [7, 11) is 0. The number of hydrogen-bond donors (Lipinski definition) is 0. The van der Waals surface area contributed by atoms with Crippen LogP contribution in [0.25, 0.3) is 0 Å². The van der Waals surface area contributed by atoms with Crippen LogP contribution in [0, 0.1) is 0 Å². The fourth-order valence-corrected chi connectivity index (χ4v) is 2.90. The minimum Gasteiger partial charge on any atom is -0.371 e. The molecule has 0 bridgehead atoms. The molecule has 0 aliphatic carbocycles. The second-order valence-corrected chi connectivity index (χ2v) is 6.07. The lowest BCUT2D eigenvalue weighted by Crippen LogP contribution is -2.38. The van der Waals surface area contributed by atoms with Gasteiger partial charge in [0.05, 0.1) is 25.5 Å². The van der Waals surface area contributed by atoms with Crippen molar-refractivity contribution in [1.82, 2.24) is 24.2 Å². The van der Waals surface area contributed by atoms with E-state index < -0.39 is 0 Å². The largest absolute Gasteiger partial charge is 0.371 e. The molecule has 120 valence electrons. The fourth-order valence-electron chi connectivity index (χ4n) is 2.90. The zero-order valence-corrected chi connectivity index (χ0v) is 13.6. The van der Waals surface area contributed by atoms with Crippen LogP contribution >= 0.6 is 0 Å². The van der Waals surface area contributed by atoms with Crippen LogP contribution in [0.3, 0.4) is 0 Å². The van der Waals surface area contributed by atoms with Crippen molar-refractivity contribution in [2.45, 2.75) is 46.0 Å². The van der Waals surface area contributed by atoms with E-state index in [0.717, 1.165) is 38.6 Å². The lowest BCUT2D eigenvalue weighted by atomic mass is 10.1. The summed E-state index contributed by atoms with van der Waals surface area (Å²) < 4.78 is 10.1. The molecule has 3 rings (SSSR count). The molecule has 0 amide bonds. The van der Waals surface area contributed by atoms with Gasteiger partial charge in [-0.25, -0.2) is 4.98 Å². The summed E-state index contributed by atoms with van der Waals surface area (Å²) in [4.78, 5) is 6.93. The van der Waals surface area contributed by atoms with Gasteiger partial charge in [0.15, 0.2) is 0 Å². The van der Waals surface area contributed by atoms with Crippen LogP contribution in [0.4, 0.5) is 0 Å². The first kappa shape index (κ1) is 15.2. The van der Waals surface area contributed by atoms with Gasteiger partial charge in [0.2, 0.25) is 0 Å². The van der Waals surface area contributed by atoms with E-state index in [9.17, 15) is 0 Å². The molecule has 0 unspecified atom stereocenters. The smallest absolute Gasteiger partial charge is 0.123 e. The maximum Gasteiger partial charge on any atom is 0.123 e. The van der Waals surface area contributed by atoms with Crippen molar-refractivity contribution in [3.8, 4) is 0 Å². The molecule has 6 nitrogen and oxygen atoms in total. The maximum absolute atomic E-state index is 5.93. The number of imidazole rings is 1. The van der Waals surface area contributed by atoms with E-state index in [2.05, 4.69) is 52.7 Å². The molecule has 0 spiro atoms. The lowest BCUT2D eigenvalue weighted by Gasteiger charge is -2.32. The third kappa shape index (κ3) is 3.23. The van der Waals surface area contributed by atoms with E-state index in [1.54, 1.807) is 0 Å². The van der Waals surface area contributed by atoms with E-state index >= 15 is 0 Å². The van der Waals surface area contributed by atoms with Crippen molar-refractivity contribution in [3.05, 3.63) is 36.2 Å². The van der Waals surface area contributed by atoms with Crippen molar-refractivity contribution in [1.29, 1.82) is 0 Å². The highest BCUT2D eigenvalue weighted by atomic mass is 16.5. The Labute approximate surface area is 131 Å². The zero-order valence-electron chi connectivity index (χ0n) is 13.6. The van der Waals surface area contributed by atoms with Gasteiger partial charge in [0.25, 0.3) is 0 Å². The van der Waals surface area contributed by atoms with Gasteiger partial charge in [-0.15, -0.1) is 0 Å². The first-order chi connectivity index (χ1) is 10.7. The average Bonchev–Trinajstić information content (AvgIpc) is 3.16. The van der Waals surface area contributed by atoms with E-state index in [0.29, 0.717) is 6.04 Å².